The second kappa shape index (κ2) is 10.2. The lowest BCUT2D eigenvalue weighted by atomic mass is 9.72. The molecule has 1 aromatic heterocycles. The molecule has 2 heterocycles. The molecule has 35 heavy (non-hydrogen) atoms. The molecule has 0 spiro atoms. The van der Waals surface area contributed by atoms with Crippen molar-refractivity contribution in [1.82, 2.24) is 15.2 Å². The number of aromatic nitrogens is 1. The van der Waals surface area contributed by atoms with E-state index in [4.69, 9.17) is 4.98 Å². The molecule has 3 aromatic rings. The van der Waals surface area contributed by atoms with Gasteiger partial charge in [0.15, 0.2) is 0 Å². The molecule has 5 nitrogen and oxygen atoms in total. The number of hydrogen-bond donors (Lipinski definition) is 1. The van der Waals surface area contributed by atoms with Crippen molar-refractivity contribution in [3.8, 4) is 6.07 Å². The number of nitrogens with one attached hydrogen (secondary N) is 1. The molecule has 0 radical (unpaired) electrons. The maximum absolute atomic E-state index is 13.1. The summed E-state index contributed by atoms with van der Waals surface area (Å²) in [6.45, 7) is 4.55. The van der Waals surface area contributed by atoms with Gasteiger partial charge < -0.3 is 5.32 Å². The number of para-hydroxylation sites is 1. The summed E-state index contributed by atoms with van der Waals surface area (Å²) < 4.78 is 0. The van der Waals surface area contributed by atoms with Crippen LogP contribution in [-0.4, -0.2) is 34.9 Å². The van der Waals surface area contributed by atoms with Crippen LogP contribution in [0.5, 0.6) is 0 Å². The molecule has 1 aliphatic carbocycles. The molecule has 1 saturated carbocycles. The summed E-state index contributed by atoms with van der Waals surface area (Å²) >= 11 is 0. The number of carbonyl (C=O) groups is 1. The second-order valence-electron chi connectivity index (χ2n) is 10.3. The highest BCUT2D eigenvalue weighted by molar-refractivity contribution is 5.96. The molecular formula is C30H34N4O. The average molecular weight is 467 g/mol. The molecule has 2 aliphatic rings. The molecular weight excluding hydrogens is 432 g/mol. The van der Waals surface area contributed by atoms with Gasteiger partial charge >= 0.3 is 0 Å². The molecule has 1 N–H and O–H groups in total. The Kier molecular flexibility index (Phi) is 6.83. The Hall–Kier alpha value is -3.23. The van der Waals surface area contributed by atoms with Gasteiger partial charge in [0.25, 0.3) is 5.91 Å². The normalized spacial score (nSPS) is 18.7. The summed E-state index contributed by atoms with van der Waals surface area (Å²) in [6.07, 6.45) is 7.37. The summed E-state index contributed by atoms with van der Waals surface area (Å²) in [5.74, 6) is -0.0643. The van der Waals surface area contributed by atoms with E-state index in [1.165, 1.54) is 24.8 Å². The monoisotopic (exact) mass is 466 g/mol. The fourth-order valence-corrected chi connectivity index (χ4v) is 5.89. The average Bonchev–Trinajstić information content (AvgIpc) is 2.90. The molecule has 2 aromatic carbocycles. The first-order valence-corrected chi connectivity index (χ1v) is 13.0. The Morgan fingerprint density at radius 1 is 1.09 bits per heavy atom. The van der Waals surface area contributed by atoms with E-state index in [-0.39, 0.29) is 11.9 Å². The van der Waals surface area contributed by atoms with E-state index in [0.717, 1.165) is 67.3 Å². The van der Waals surface area contributed by atoms with Crippen LogP contribution in [-0.2, 0) is 12.0 Å². The maximum Gasteiger partial charge on any atom is 0.270 e. The van der Waals surface area contributed by atoms with E-state index in [0.29, 0.717) is 5.69 Å². The van der Waals surface area contributed by atoms with E-state index >= 15 is 0 Å². The van der Waals surface area contributed by atoms with Gasteiger partial charge in [-0.2, -0.15) is 5.26 Å². The third-order valence-electron chi connectivity index (χ3n) is 7.95. The highest BCUT2D eigenvalue weighted by Crippen LogP contribution is 2.37. The quantitative estimate of drug-likeness (QED) is 0.527. The molecule has 5 rings (SSSR count). The summed E-state index contributed by atoms with van der Waals surface area (Å²) in [5, 5.41) is 14.5. The Morgan fingerprint density at radius 2 is 1.80 bits per heavy atom. The number of hydrogen-bond acceptors (Lipinski definition) is 4. The first-order chi connectivity index (χ1) is 17.1. The minimum atomic E-state index is -0.423. The lowest BCUT2D eigenvalue weighted by Crippen LogP contribution is -2.42. The zero-order valence-corrected chi connectivity index (χ0v) is 20.6. The van der Waals surface area contributed by atoms with Gasteiger partial charge in [-0.25, -0.2) is 4.98 Å². The van der Waals surface area contributed by atoms with Crippen molar-refractivity contribution in [2.45, 2.75) is 69.9 Å². The zero-order valence-electron chi connectivity index (χ0n) is 20.6. The number of nitrogens with zero attached hydrogens (tertiary/aromatic N) is 3. The number of rotatable bonds is 5. The molecule has 0 atom stereocenters. The lowest BCUT2D eigenvalue weighted by Gasteiger charge is -2.38. The molecule has 0 unspecified atom stereocenters. The van der Waals surface area contributed by atoms with Crippen LogP contribution in [0.15, 0.2) is 54.6 Å². The molecule has 0 bridgehead atoms. The van der Waals surface area contributed by atoms with Gasteiger partial charge in [0.05, 0.1) is 17.0 Å². The first-order valence-electron chi connectivity index (χ1n) is 13.0. The van der Waals surface area contributed by atoms with Crippen molar-refractivity contribution in [3.63, 3.8) is 0 Å². The number of aryl methyl sites for hydroxylation is 1. The third-order valence-corrected chi connectivity index (χ3v) is 7.95. The number of likely N-dealkylation sites (tertiary alicyclic amines) is 1. The van der Waals surface area contributed by atoms with E-state index in [2.05, 4.69) is 41.4 Å². The van der Waals surface area contributed by atoms with Gasteiger partial charge in [0.2, 0.25) is 0 Å². The van der Waals surface area contributed by atoms with Crippen molar-refractivity contribution < 1.29 is 4.79 Å². The van der Waals surface area contributed by atoms with E-state index in [1.54, 1.807) is 0 Å². The summed E-state index contributed by atoms with van der Waals surface area (Å²) in [4.78, 5) is 20.2. The maximum atomic E-state index is 13.1. The van der Waals surface area contributed by atoms with Crippen molar-refractivity contribution >= 4 is 16.8 Å². The number of pyridine rings is 1. The molecule has 5 heteroatoms. The Morgan fingerprint density at radius 3 is 2.54 bits per heavy atom. The fraction of sp³-hybridized carbons (Fsp3) is 0.433. The van der Waals surface area contributed by atoms with Crippen LogP contribution in [0.4, 0.5) is 0 Å². The van der Waals surface area contributed by atoms with Gasteiger partial charge in [-0.05, 0) is 61.4 Å². The molecule has 1 saturated heterocycles. The van der Waals surface area contributed by atoms with Gasteiger partial charge in [-0.3, -0.25) is 9.69 Å². The molecule has 2 fully saturated rings. The van der Waals surface area contributed by atoms with Crippen LogP contribution >= 0.6 is 0 Å². The number of nitriles is 1. The predicted octanol–water partition coefficient (Wildman–Crippen LogP) is 5.66. The van der Waals surface area contributed by atoms with E-state index < -0.39 is 5.41 Å². The van der Waals surface area contributed by atoms with Crippen LogP contribution in [0.3, 0.4) is 0 Å². The molecule has 180 valence electrons. The Balaban J connectivity index is 1.35. The van der Waals surface area contributed by atoms with Crippen LogP contribution in [0.25, 0.3) is 10.9 Å². The number of carbonyl (C=O) groups excluding carboxylic acids is 1. The summed E-state index contributed by atoms with van der Waals surface area (Å²) in [6, 6.07) is 21.3. The standard InChI is InChI=1S/C30H34N4O/c1-22-9-5-7-13-26(22)30(21-31)15-17-34(18-16-30)20-23-19-28(33-27-14-8-6-12-25(23)27)29(35)32-24-10-3-2-4-11-24/h5-9,12-14,19,24H,2-4,10-11,15-18,20H2,1H3,(H,32,35). The molecule has 1 amide bonds. The summed E-state index contributed by atoms with van der Waals surface area (Å²) in [7, 11) is 0. The SMILES string of the molecule is Cc1ccccc1C1(C#N)CCN(Cc2cc(C(=O)NC3CCCCC3)nc3ccccc23)CC1. The van der Waals surface area contributed by atoms with Crippen molar-refractivity contribution in [2.24, 2.45) is 0 Å². The largest absolute Gasteiger partial charge is 0.348 e. The van der Waals surface area contributed by atoms with Crippen molar-refractivity contribution in [2.75, 3.05) is 13.1 Å². The van der Waals surface area contributed by atoms with E-state index in [9.17, 15) is 10.1 Å². The number of piperidine rings is 1. The number of amides is 1. The highest BCUT2D eigenvalue weighted by Gasteiger charge is 2.37. The zero-order chi connectivity index (χ0) is 24.3. The van der Waals surface area contributed by atoms with Crippen LogP contribution in [0.1, 0.15) is 72.1 Å². The summed E-state index contributed by atoms with van der Waals surface area (Å²) in [5.41, 5.74) is 4.43. The first kappa shape index (κ1) is 23.5. The number of fused-ring (bicyclic) bond motifs is 1. The Bertz CT molecular complexity index is 1250. The van der Waals surface area contributed by atoms with Crippen molar-refractivity contribution in [1.29, 1.82) is 5.26 Å². The van der Waals surface area contributed by atoms with Crippen LogP contribution < -0.4 is 5.32 Å². The minimum Gasteiger partial charge on any atom is -0.348 e. The van der Waals surface area contributed by atoms with Gasteiger partial charge in [0, 0.05) is 31.1 Å². The van der Waals surface area contributed by atoms with Gasteiger partial charge in [-0.15, -0.1) is 0 Å². The topological polar surface area (TPSA) is 69.0 Å². The Labute approximate surface area is 208 Å². The third kappa shape index (κ3) is 4.94. The minimum absolute atomic E-state index is 0.0643. The second-order valence-corrected chi connectivity index (χ2v) is 10.3. The fourth-order valence-electron chi connectivity index (χ4n) is 5.89. The van der Waals surface area contributed by atoms with Gasteiger partial charge in [0.1, 0.15) is 5.69 Å². The molecule has 1 aliphatic heterocycles. The predicted molar refractivity (Wildman–Crippen MR) is 139 cm³/mol. The smallest absolute Gasteiger partial charge is 0.270 e. The lowest BCUT2D eigenvalue weighted by molar-refractivity contribution is 0.0922. The van der Waals surface area contributed by atoms with Crippen LogP contribution in [0, 0.1) is 18.3 Å². The van der Waals surface area contributed by atoms with E-state index in [1.807, 2.05) is 36.4 Å². The van der Waals surface area contributed by atoms with Crippen LogP contribution in [0.2, 0.25) is 0 Å². The highest BCUT2D eigenvalue weighted by atomic mass is 16.1. The number of benzene rings is 2. The van der Waals surface area contributed by atoms with Gasteiger partial charge in [-0.1, -0.05) is 61.7 Å². The van der Waals surface area contributed by atoms with Crippen molar-refractivity contribution in [3.05, 3.63) is 77.0 Å².